The number of rotatable bonds is 7. The number of amides is 1. The monoisotopic (exact) mass is 402 g/mol. The van der Waals surface area contributed by atoms with Crippen LogP contribution < -0.4 is 16.0 Å². The fourth-order valence-corrected chi connectivity index (χ4v) is 2.56. The van der Waals surface area contributed by atoms with Gasteiger partial charge in [-0.3, -0.25) is 9.79 Å². The third kappa shape index (κ3) is 8.25. The Labute approximate surface area is 165 Å². The number of carbonyl (C=O) groups excluding carboxylic acids is 1. The minimum absolute atomic E-state index is 0.00510. The van der Waals surface area contributed by atoms with Crippen LogP contribution >= 0.6 is 23.2 Å². The Hall–Kier alpha value is -1.50. The van der Waals surface area contributed by atoms with E-state index >= 15 is 0 Å². The lowest BCUT2D eigenvalue weighted by atomic mass is 9.96. The van der Waals surface area contributed by atoms with Crippen LogP contribution in [0.1, 0.15) is 39.4 Å². The van der Waals surface area contributed by atoms with Gasteiger partial charge in [-0.25, -0.2) is 0 Å². The zero-order chi connectivity index (χ0) is 19.7. The highest BCUT2D eigenvalue weighted by Crippen LogP contribution is 2.23. The number of aliphatic imine (C=N–C) groups is 1. The van der Waals surface area contributed by atoms with Gasteiger partial charge in [0.05, 0.1) is 12.6 Å². The first-order valence-corrected chi connectivity index (χ1v) is 9.33. The molecule has 0 radical (unpaired) electrons. The van der Waals surface area contributed by atoms with Crippen molar-refractivity contribution in [3.8, 4) is 0 Å². The molecule has 0 bridgehead atoms. The van der Waals surface area contributed by atoms with Gasteiger partial charge in [-0.1, -0.05) is 44.0 Å². The molecule has 0 fully saturated rings. The van der Waals surface area contributed by atoms with Crippen molar-refractivity contribution in [2.45, 2.75) is 33.8 Å². The molecule has 0 aliphatic heterocycles. The number of aliphatic hydroxyl groups is 1. The second-order valence-corrected chi connectivity index (χ2v) is 7.74. The largest absolute Gasteiger partial charge is 0.386 e. The molecule has 146 valence electrons. The van der Waals surface area contributed by atoms with Crippen LogP contribution in [-0.4, -0.2) is 43.2 Å². The third-order valence-electron chi connectivity index (χ3n) is 3.42. The Bertz CT molecular complexity index is 610. The van der Waals surface area contributed by atoms with E-state index in [9.17, 15) is 9.90 Å². The van der Waals surface area contributed by atoms with Gasteiger partial charge in [0.2, 0.25) is 5.91 Å². The molecule has 0 aliphatic carbocycles. The molecule has 1 aromatic rings. The molecule has 8 heteroatoms. The second kappa shape index (κ2) is 10.6. The number of aliphatic hydroxyl groups excluding tert-OH is 1. The Morgan fingerprint density at radius 1 is 1.12 bits per heavy atom. The lowest BCUT2D eigenvalue weighted by Gasteiger charge is -2.18. The minimum atomic E-state index is -0.817. The fraction of sp³-hybridized carbons (Fsp3) is 0.556. The van der Waals surface area contributed by atoms with E-state index in [0.717, 1.165) is 0 Å². The number of guanidine groups is 1. The highest BCUT2D eigenvalue weighted by Gasteiger charge is 2.20. The highest BCUT2D eigenvalue weighted by molar-refractivity contribution is 6.34. The van der Waals surface area contributed by atoms with Gasteiger partial charge in [0, 0.05) is 35.1 Å². The van der Waals surface area contributed by atoms with Gasteiger partial charge in [-0.05, 0) is 30.7 Å². The van der Waals surface area contributed by atoms with Crippen LogP contribution in [0.25, 0.3) is 0 Å². The molecule has 0 aliphatic rings. The van der Waals surface area contributed by atoms with Crippen molar-refractivity contribution in [2.24, 2.45) is 10.4 Å². The molecule has 0 heterocycles. The van der Waals surface area contributed by atoms with Crippen LogP contribution in [0, 0.1) is 5.41 Å². The molecule has 0 saturated heterocycles. The zero-order valence-corrected chi connectivity index (χ0v) is 17.2. The topological polar surface area (TPSA) is 85.8 Å². The maximum Gasteiger partial charge on any atom is 0.225 e. The number of nitrogens with one attached hydrogen (secondary N) is 3. The van der Waals surface area contributed by atoms with Crippen LogP contribution in [0.3, 0.4) is 0 Å². The lowest BCUT2D eigenvalue weighted by Crippen LogP contribution is -2.43. The summed E-state index contributed by atoms with van der Waals surface area (Å²) in [5.74, 6) is 0.555. The minimum Gasteiger partial charge on any atom is -0.386 e. The smallest absolute Gasteiger partial charge is 0.225 e. The van der Waals surface area contributed by atoms with Crippen molar-refractivity contribution in [3.05, 3.63) is 33.8 Å². The van der Waals surface area contributed by atoms with E-state index in [2.05, 4.69) is 20.9 Å². The van der Waals surface area contributed by atoms with E-state index in [0.29, 0.717) is 41.2 Å². The molecule has 1 rings (SSSR count). The molecule has 1 amide bonds. The van der Waals surface area contributed by atoms with E-state index in [-0.39, 0.29) is 12.5 Å². The number of hydrogen-bond donors (Lipinski definition) is 4. The number of benzene rings is 1. The maximum absolute atomic E-state index is 11.8. The van der Waals surface area contributed by atoms with Gasteiger partial charge in [0.25, 0.3) is 0 Å². The maximum atomic E-state index is 11.8. The van der Waals surface area contributed by atoms with Gasteiger partial charge < -0.3 is 21.1 Å². The van der Waals surface area contributed by atoms with Gasteiger partial charge in [-0.15, -0.1) is 0 Å². The molecule has 1 aromatic carbocycles. The van der Waals surface area contributed by atoms with Crippen LogP contribution in [0.2, 0.25) is 10.0 Å². The Kier molecular flexibility index (Phi) is 9.19. The number of halogens is 2. The molecule has 1 atom stereocenters. The first-order valence-electron chi connectivity index (χ1n) is 8.58. The SMILES string of the molecule is CCNC(=NCC(O)c1cc(Cl)cc(Cl)c1)NCCNC(=O)C(C)(C)C. The number of nitrogens with zero attached hydrogens (tertiary/aromatic N) is 1. The molecule has 1 unspecified atom stereocenters. The predicted octanol–water partition coefficient (Wildman–Crippen LogP) is 2.74. The lowest BCUT2D eigenvalue weighted by molar-refractivity contribution is -0.128. The molecule has 6 nitrogen and oxygen atoms in total. The standard InChI is InChI=1S/C18H28Cl2N4O2/c1-5-21-17(23-7-6-22-16(26)18(2,3)4)24-11-15(25)12-8-13(19)10-14(20)9-12/h8-10,15,25H,5-7,11H2,1-4H3,(H,22,26)(H2,21,23,24). The summed E-state index contributed by atoms with van der Waals surface area (Å²) in [6.07, 6.45) is -0.817. The highest BCUT2D eigenvalue weighted by atomic mass is 35.5. The summed E-state index contributed by atoms with van der Waals surface area (Å²) in [5.41, 5.74) is 0.195. The molecule has 26 heavy (non-hydrogen) atoms. The number of hydrogen-bond acceptors (Lipinski definition) is 3. The van der Waals surface area contributed by atoms with Gasteiger partial charge in [-0.2, -0.15) is 0 Å². The van der Waals surface area contributed by atoms with Crippen molar-refractivity contribution in [1.29, 1.82) is 0 Å². The van der Waals surface area contributed by atoms with Crippen molar-refractivity contribution >= 4 is 35.1 Å². The summed E-state index contributed by atoms with van der Waals surface area (Å²) in [7, 11) is 0. The van der Waals surface area contributed by atoms with Crippen molar-refractivity contribution in [2.75, 3.05) is 26.2 Å². The summed E-state index contributed by atoms with van der Waals surface area (Å²) in [6.45, 7) is 9.38. The Morgan fingerprint density at radius 2 is 1.69 bits per heavy atom. The Balaban J connectivity index is 2.56. The van der Waals surface area contributed by atoms with Crippen molar-refractivity contribution in [3.63, 3.8) is 0 Å². The normalized spacial score (nSPS) is 13.3. The van der Waals surface area contributed by atoms with Crippen LogP contribution in [0.15, 0.2) is 23.2 Å². The zero-order valence-electron chi connectivity index (χ0n) is 15.7. The fourth-order valence-electron chi connectivity index (χ4n) is 2.01. The van der Waals surface area contributed by atoms with Gasteiger partial charge >= 0.3 is 0 Å². The first-order chi connectivity index (χ1) is 12.1. The van der Waals surface area contributed by atoms with E-state index < -0.39 is 11.5 Å². The molecule has 0 aromatic heterocycles. The van der Waals surface area contributed by atoms with E-state index in [4.69, 9.17) is 23.2 Å². The Morgan fingerprint density at radius 3 is 2.23 bits per heavy atom. The summed E-state index contributed by atoms with van der Waals surface area (Å²) < 4.78 is 0. The summed E-state index contributed by atoms with van der Waals surface area (Å²) in [4.78, 5) is 16.2. The van der Waals surface area contributed by atoms with Crippen molar-refractivity contribution < 1.29 is 9.90 Å². The van der Waals surface area contributed by atoms with Crippen molar-refractivity contribution in [1.82, 2.24) is 16.0 Å². The first kappa shape index (κ1) is 22.5. The average Bonchev–Trinajstić information content (AvgIpc) is 2.54. The quantitative estimate of drug-likeness (QED) is 0.320. The van der Waals surface area contributed by atoms with Crippen LogP contribution in [0.4, 0.5) is 0 Å². The van der Waals surface area contributed by atoms with E-state index in [1.807, 2.05) is 27.7 Å². The molecule has 0 spiro atoms. The van der Waals surface area contributed by atoms with E-state index in [1.165, 1.54) is 0 Å². The molecular weight excluding hydrogens is 375 g/mol. The molecular formula is C18H28Cl2N4O2. The molecule has 4 N–H and O–H groups in total. The van der Waals surface area contributed by atoms with E-state index in [1.54, 1.807) is 18.2 Å². The number of carbonyl (C=O) groups is 1. The third-order valence-corrected chi connectivity index (χ3v) is 3.86. The van der Waals surface area contributed by atoms with Crippen LogP contribution in [-0.2, 0) is 4.79 Å². The van der Waals surface area contributed by atoms with Gasteiger partial charge in [0.1, 0.15) is 0 Å². The second-order valence-electron chi connectivity index (χ2n) is 6.87. The summed E-state index contributed by atoms with van der Waals surface area (Å²) >= 11 is 11.9. The predicted molar refractivity (Wildman–Crippen MR) is 108 cm³/mol. The summed E-state index contributed by atoms with van der Waals surface area (Å²) in [6, 6.07) is 4.94. The molecule has 0 saturated carbocycles. The van der Waals surface area contributed by atoms with Crippen LogP contribution in [0.5, 0.6) is 0 Å². The summed E-state index contributed by atoms with van der Waals surface area (Å²) in [5, 5.41) is 20.3. The average molecular weight is 403 g/mol. The van der Waals surface area contributed by atoms with Gasteiger partial charge in [0.15, 0.2) is 5.96 Å².